The molecule has 2 heterocycles. The van der Waals surface area contributed by atoms with Crippen molar-refractivity contribution < 1.29 is 4.79 Å². The normalized spacial score (nSPS) is 24.5. The highest BCUT2D eigenvalue weighted by Crippen LogP contribution is 2.23. The number of rotatable bonds is 2. The first-order chi connectivity index (χ1) is 10.8. The second-order valence-corrected chi connectivity index (χ2v) is 6.58. The molecule has 2 unspecified atom stereocenters. The number of fused-ring (bicyclic) bond motifs is 3. The Kier molecular flexibility index (Phi) is 3.59. The molecule has 4 rings (SSSR count). The van der Waals surface area contributed by atoms with E-state index >= 15 is 0 Å². The predicted octanol–water partition coefficient (Wildman–Crippen LogP) is 2.74. The van der Waals surface area contributed by atoms with E-state index in [1.54, 1.807) is 0 Å². The van der Waals surface area contributed by atoms with E-state index in [9.17, 15) is 4.79 Å². The number of carbonyl (C=O) groups is 1. The van der Waals surface area contributed by atoms with E-state index in [1.165, 1.54) is 23.6 Å². The van der Waals surface area contributed by atoms with Gasteiger partial charge in [0.1, 0.15) is 0 Å². The molecule has 3 nitrogen and oxygen atoms in total. The minimum Gasteiger partial charge on any atom is -0.341 e. The number of nitrogens with one attached hydrogen (secondary N) is 1. The van der Waals surface area contributed by atoms with E-state index in [-0.39, 0.29) is 5.91 Å². The molecule has 1 amide bonds. The van der Waals surface area contributed by atoms with E-state index in [0.29, 0.717) is 18.5 Å². The van der Waals surface area contributed by atoms with Crippen molar-refractivity contribution in [2.75, 3.05) is 13.1 Å². The molecule has 2 aliphatic rings. The summed E-state index contributed by atoms with van der Waals surface area (Å²) in [5, 5.41) is 6.05. The molecule has 22 heavy (non-hydrogen) atoms. The Hall–Kier alpha value is -1.87. The van der Waals surface area contributed by atoms with E-state index in [2.05, 4.69) is 40.5 Å². The van der Waals surface area contributed by atoms with Crippen LogP contribution in [-0.4, -0.2) is 36.0 Å². The van der Waals surface area contributed by atoms with Crippen LogP contribution in [-0.2, 0) is 11.2 Å². The minimum atomic E-state index is 0.269. The number of hydrogen-bond acceptors (Lipinski definition) is 2. The van der Waals surface area contributed by atoms with Gasteiger partial charge in [-0.25, -0.2) is 0 Å². The van der Waals surface area contributed by atoms with Gasteiger partial charge in [0.15, 0.2) is 0 Å². The summed E-state index contributed by atoms with van der Waals surface area (Å²) in [5.74, 6) is 0.269. The fraction of sp³-hybridized carbons (Fsp3) is 0.421. The molecular weight excluding hydrogens is 272 g/mol. The molecule has 0 saturated carbocycles. The Balaban J connectivity index is 1.53. The first kappa shape index (κ1) is 13.8. The third-order valence-electron chi connectivity index (χ3n) is 5.10. The van der Waals surface area contributed by atoms with Crippen molar-refractivity contribution in [3.63, 3.8) is 0 Å². The molecule has 1 N–H and O–H groups in total. The lowest BCUT2D eigenvalue weighted by Crippen LogP contribution is -2.39. The van der Waals surface area contributed by atoms with Crippen molar-refractivity contribution in [1.82, 2.24) is 10.2 Å². The third kappa shape index (κ3) is 2.61. The van der Waals surface area contributed by atoms with Crippen LogP contribution in [0.1, 0.15) is 24.8 Å². The zero-order valence-corrected chi connectivity index (χ0v) is 12.8. The van der Waals surface area contributed by atoms with Gasteiger partial charge >= 0.3 is 0 Å². The smallest absolute Gasteiger partial charge is 0.227 e. The molecule has 2 bridgehead atoms. The fourth-order valence-corrected chi connectivity index (χ4v) is 3.89. The third-order valence-corrected chi connectivity index (χ3v) is 5.10. The molecule has 3 heteroatoms. The summed E-state index contributed by atoms with van der Waals surface area (Å²) in [4.78, 5) is 14.8. The molecule has 2 atom stereocenters. The Bertz CT molecular complexity index is 691. The van der Waals surface area contributed by atoms with E-state index < -0.39 is 0 Å². The molecule has 2 aromatic carbocycles. The van der Waals surface area contributed by atoms with Gasteiger partial charge in [-0.2, -0.15) is 0 Å². The summed E-state index contributed by atoms with van der Waals surface area (Å²) in [6.45, 7) is 1.78. The molecule has 2 aromatic rings. The van der Waals surface area contributed by atoms with Crippen molar-refractivity contribution >= 4 is 16.7 Å². The van der Waals surface area contributed by atoms with Gasteiger partial charge in [0.25, 0.3) is 0 Å². The van der Waals surface area contributed by atoms with Crippen molar-refractivity contribution in [2.45, 2.75) is 37.8 Å². The standard InChI is InChI=1S/C19H22N2O/c22-19(21-11-10-16-8-9-17(13-21)20-16)12-15-6-3-5-14-4-1-2-7-18(14)15/h1-7,16-17,20H,8-13H2. The number of amides is 1. The van der Waals surface area contributed by atoms with Gasteiger partial charge in [-0.3, -0.25) is 4.79 Å². The van der Waals surface area contributed by atoms with Crippen LogP contribution in [0.4, 0.5) is 0 Å². The number of nitrogens with zero attached hydrogens (tertiary/aromatic N) is 1. The monoisotopic (exact) mass is 294 g/mol. The SMILES string of the molecule is O=C(Cc1cccc2ccccc12)N1CCC2CCC(C1)N2. The summed E-state index contributed by atoms with van der Waals surface area (Å²) in [7, 11) is 0. The number of benzene rings is 2. The molecule has 0 aromatic heterocycles. The highest BCUT2D eigenvalue weighted by Gasteiger charge is 2.31. The van der Waals surface area contributed by atoms with Crippen LogP contribution >= 0.6 is 0 Å². The molecule has 0 aliphatic carbocycles. The van der Waals surface area contributed by atoms with Crippen LogP contribution in [0, 0.1) is 0 Å². The van der Waals surface area contributed by atoms with E-state index in [0.717, 1.165) is 25.1 Å². The first-order valence-corrected chi connectivity index (χ1v) is 8.30. The van der Waals surface area contributed by atoms with Gasteiger partial charge in [-0.15, -0.1) is 0 Å². The topological polar surface area (TPSA) is 32.3 Å². The average Bonchev–Trinajstić information content (AvgIpc) is 2.86. The predicted molar refractivity (Wildman–Crippen MR) is 88.8 cm³/mol. The lowest BCUT2D eigenvalue weighted by molar-refractivity contribution is -0.130. The largest absolute Gasteiger partial charge is 0.341 e. The van der Waals surface area contributed by atoms with Crippen LogP contribution in [0.5, 0.6) is 0 Å². The summed E-state index contributed by atoms with van der Waals surface area (Å²) >= 11 is 0. The maximum atomic E-state index is 12.7. The minimum absolute atomic E-state index is 0.269. The lowest BCUT2D eigenvalue weighted by Gasteiger charge is -2.24. The van der Waals surface area contributed by atoms with Crippen LogP contribution in [0.2, 0.25) is 0 Å². The molecular formula is C19H22N2O. The van der Waals surface area contributed by atoms with Gasteiger partial charge in [-0.05, 0) is 35.6 Å². The molecule has 0 radical (unpaired) electrons. The van der Waals surface area contributed by atoms with Crippen LogP contribution in [0.25, 0.3) is 10.8 Å². The van der Waals surface area contributed by atoms with Gasteiger partial charge in [0.2, 0.25) is 5.91 Å². The second-order valence-electron chi connectivity index (χ2n) is 6.58. The highest BCUT2D eigenvalue weighted by atomic mass is 16.2. The Morgan fingerprint density at radius 1 is 1.05 bits per heavy atom. The maximum absolute atomic E-state index is 12.7. The number of carbonyl (C=O) groups excluding carboxylic acids is 1. The van der Waals surface area contributed by atoms with Gasteiger partial charge in [0, 0.05) is 25.2 Å². The van der Waals surface area contributed by atoms with Crippen LogP contribution in [0.15, 0.2) is 42.5 Å². The highest BCUT2D eigenvalue weighted by molar-refractivity contribution is 5.90. The van der Waals surface area contributed by atoms with Gasteiger partial charge < -0.3 is 10.2 Å². The Labute approximate surface area is 131 Å². The first-order valence-electron chi connectivity index (χ1n) is 8.30. The van der Waals surface area contributed by atoms with E-state index in [1.807, 2.05) is 12.1 Å². The fourth-order valence-electron chi connectivity index (χ4n) is 3.89. The van der Waals surface area contributed by atoms with Crippen molar-refractivity contribution in [3.05, 3.63) is 48.0 Å². The average molecular weight is 294 g/mol. The zero-order valence-electron chi connectivity index (χ0n) is 12.8. The zero-order chi connectivity index (χ0) is 14.9. The summed E-state index contributed by atoms with van der Waals surface area (Å²) in [6.07, 6.45) is 4.09. The summed E-state index contributed by atoms with van der Waals surface area (Å²) < 4.78 is 0. The van der Waals surface area contributed by atoms with Crippen LogP contribution in [0.3, 0.4) is 0 Å². The number of likely N-dealkylation sites (tertiary alicyclic amines) is 1. The van der Waals surface area contributed by atoms with Crippen molar-refractivity contribution in [2.24, 2.45) is 0 Å². The molecule has 2 fully saturated rings. The summed E-state index contributed by atoms with van der Waals surface area (Å²) in [5.41, 5.74) is 1.14. The van der Waals surface area contributed by atoms with Gasteiger partial charge in [-0.1, -0.05) is 42.5 Å². The molecule has 2 aliphatic heterocycles. The van der Waals surface area contributed by atoms with Crippen molar-refractivity contribution in [3.8, 4) is 0 Å². The second kappa shape index (κ2) is 5.73. The molecule has 2 saturated heterocycles. The van der Waals surface area contributed by atoms with E-state index in [4.69, 9.17) is 0 Å². The Morgan fingerprint density at radius 2 is 1.86 bits per heavy atom. The quantitative estimate of drug-likeness (QED) is 0.923. The van der Waals surface area contributed by atoms with Crippen molar-refractivity contribution in [1.29, 1.82) is 0 Å². The maximum Gasteiger partial charge on any atom is 0.227 e. The lowest BCUT2D eigenvalue weighted by atomic mass is 10.0. The molecule has 0 spiro atoms. The Morgan fingerprint density at radius 3 is 2.82 bits per heavy atom. The summed E-state index contributed by atoms with van der Waals surface area (Å²) in [6, 6.07) is 15.7. The van der Waals surface area contributed by atoms with Gasteiger partial charge in [0.05, 0.1) is 6.42 Å². The number of hydrogen-bond donors (Lipinski definition) is 1. The molecule has 114 valence electrons. The van der Waals surface area contributed by atoms with Crippen LogP contribution < -0.4 is 5.32 Å².